The molecular weight excluding hydrogens is 415 g/mol. The number of hydrogen-bond acceptors (Lipinski definition) is 3. The van der Waals surface area contributed by atoms with Crippen LogP contribution in [-0.4, -0.2) is 18.9 Å². The Balaban J connectivity index is 1.63. The van der Waals surface area contributed by atoms with Crippen molar-refractivity contribution < 1.29 is 18.7 Å². The summed E-state index contributed by atoms with van der Waals surface area (Å²) in [6.45, 7) is -0.0551. The van der Waals surface area contributed by atoms with Crippen LogP contribution in [-0.2, 0) is 22.6 Å². The van der Waals surface area contributed by atoms with Crippen LogP contribution in [0, 0.1) is 5.82 Å². The van der Waals surface area contributed by atoms with Crippen LogP contribution in [0.15, 0.2) is 40.9 Å². The average molecular weight is 435 g/mol. The van der Waals surface area contributed by atoms with Gasteiger partial charge < -0.3 is 15.4 Å². The third-order valence-corrected chi connectivity index (χ3v) is 5.13. The molecule has 0 heterocycles. The molecule has 0 fully saturated rings. The van der Waals surface area contributed by atoms with Crippen LogP contribution < -0.4 is 15.4 Å². The maximum atomic E-state index is 13.8. The third kappa shape index (κ3) is 4.66. The summed E-state index contributed by atoms with van der Waals surface area (Å²) in [5.41, 5.74) is 2.43. The lowest BCUT2D eigenvalue weighted by molar-refractivity contribution is -0.139. The zero-order valence-electron chi connectivity index (χ0n) is 14.9. The van der Waals surface area contributed by atoms with E-state index in [1.54, 1.807) is 19.2 Å². The fourth-order valence-electron chi connectivity index (χ4n) is 3.20. The normalized spacial score (nSPS) is 15.6. The molecule has 1 unspecified atom stereocenters. The van der Waals surface area contributed by atoms with Crippen molar-refractivity contribution in [3.63, 3.8) is 0 Å². The maximum absolute atomic E-state index is 13.8. The van der Waals surface area contributed by atoms with Crippen LogP contribution in [0.25, 0.3) is 0 Å². The minimum absolute atomic E-state index is 0.0551. The van der Waals surface area contributed by atoms with E-state index in [-0.39, 0.29) is 12.6 Å². The van der Waals surface area contributed by atoms with Gasteiger partial charge in [0.15, 0.2) is 0 Å². The van der Waals surface area contributed by atoms with E-state index in [1.807, 2.05) is 18.2 Å². The SMILES string of the molecule is COc1ccc2c(c1)C(NC(=O)C(=O)NCc1ccc(Br)cc1F)CCC2. The van der Waals surface area contributed by atoms with Crippen LogP contribution in [0.4, 0.5) is 4.39 Å². The van der Waals surface area contributed by atoms with Gasteiger partial charge in [0.25, 0.3) is 0 Å². The molecule has 0 spiro atoms. The van der Waals surface area contributed by atoms with Gasteiger partial charge in [-0.15, -0.1) is 0 Å². The van der Waals surface area contributed by atoms with E-state index < -0.39 is 17.6 Å². The van der Waals surface area contributed by atoms with Gasteiger partial charge in [0, 0.05) is 16.6 Å². The van der Waals surface area contributed by atoms with Gasteiger partial charge in [0.1, 0.15) is 11.6 Å². The predicted molar refractivity (Wildman–Crippen MR) is 103 cm³/mol. The lowest BCUT2D eigenvalue weighted by Crippen LogP contribution is -2.42. The Labute approximate surface area is 165 Å². The van der Waals surface area contributed by atoms with Crippen LogP contribution >= 0.6 is 15.9 Å². The first kappa shape index (κ1) is 19.4. The first-order valence-electron chi connectivity index (χ1n) is 8.67. The molecule has 1 aliphatic rings. The predicted octanol–water partition coefficient (Wildman–Crippen LogP) is 3.41. The van der Waals surface area contributed by atoms with Gasteiger partial charge in [-0.25, -0.2) is 4.39 Å². The topological polar surface area (TPSA) is 67.4 Å². The molecule has 0 bridgehead atoms. The van der Waals surface area contributed by atoms with Crippen LogP contribution in [0.2, 0.25) is 0 Å². The number of carbonyl (C=O) groups excluding carboxylic acids is 2. The number of methoxy groups -OCH3 is 1. The number of halogens is 2. The smallest absolute Gasteiger partial charge is 0.309 e. The Morgan fingerprint density at radius 2 is 2.04 bits per heavy atom. The third-order valence-electron chi connectivity index (χ3n) is 4.63. The monoisotopic (exact) mass is 434 g/mol. The number of nitrogens with one attached hydrogen (secondary N) is 2. The second-order valence-corrected chi connectivity index (χ2v) is 7.32. The number of aryl methyl sites for hydroxylation is 1. The molecule has 2 aromatic rings. The van der Waals surface area contributed by atoms with Gasteiger partial charge in [0.05, 0.1) is 13.2 Å². The zero-order valence-corrected chi connectivity index (χ0v) is 16.4. The van der Waals surface area contributed by atoms with Crippen LogP contribution in [0.3, 0.4) is 0 Å². The number of amides is 2. The number of ether oxygens (including phenoxy) is 1. The van der Waals surface area contributed by atoms with Gasteiger partial charge >= 0.3 is 11.8 Å². The highest BCUT2D eigenvalue weighted by Gasteiger charge is 2.25. The molecule has 7 heteroatoms. The minimum atomic E-state index is -0.785. The average Bonchev–Trinajstić information content (AvgIpc) is 2.67. The zero-order chi connectivity index (χ0) is 19.4. The van der Waals surface area contributed by atoms with Crippen molar-refractivity contribution in [1.29, 1.82) is 0 Å². The summed E-state index contributed by atoms with van der Waals surface area (Å²) in [4.78, 5) is 24.4. The van der Waals surface area contributed by atoms with E-state index in [1.165, 1.54) is 6.07 Å². The van der Waals surface area contributed by atoms with E-state index in [0.29, 0.717) is 15.8 Å². The molecule has 0 aromatic heterocycles. The molecule has 0 radical (unpaired) electrons. The Morgan fingerprint density at radius 3 is 2.78 bits per heavy atom. The fraction of sp³-hybridized carbons (Fsp3) is 0.300. The molecule has 5 nitrogen and oxygen atoms in total. The van der Waals surface area contributed by atoms with Crippen molar-refractivity contribution in [2.75, 3.05) is 7.11 Å². The van der Waals surface area contributed by atoms with Crippen LogP contribution in [0.5, 0.6) is 5.75 Å². The van der Waals surface area contributed by atoms with Crippen molar-refractivity contribution in [2.45, 2.75) is 31.8 Å². The molecule has 2 amide bonds. The van der Waals surface area contributed by atoms with E-state index in [2.05, 4.69) is 26.6 Å². The number of rotatable bonds is 4. The van der Waals surface area contributed by atoms with E-state index in [9.17, 15) is 14.0 Å². The summed E-state index contributed by atoms with van der Waals surface area (Å²) in [6, 6.07) is 10.1. The second kappa shape index (κ2) is 8.52. The van der Waals surface area contributed by atoms with Gasteiger partial charge in [-0.05, 0) is 54.7 Å². The minimum Gasteiger partial charge on any atom is -0.497 e. The summed E-state index contributed by atoms with van der Waals surface area (Å²) in [7, 11) is 1.59. The Bertz CT molecular complexity index is 872. The lowest BCUT2D eigenvalue weighted by atomic mass is 9.87. The largest absolute Gasteiger partial charge is 0.497 e. The van der Waals surface area contributed by atoms with Gasteiger partial charge in [-0.3, -0.25) is 9.59 Å². The molecule has 0 saturated carbocycles. The molecule has 27 heavy (non-hydrogen) atoms. The lowest BCUT2D eigenvalue weighted by Gasteiger charge is -2.26. The molecule has 142 valence electrons. The van der Waals surface area contributed by atoms with Crippen molar-refractivity contribution in [2.24, 2.45) is 0 Å². The molecule has 2 N–H and O–H groups in total. The highest BCUT2D eigenvalue weighted by molar-refractivity contribution is 9.10. The molecule has 1 atom stereocenters. The van der Waals surface area contributed by atoms with E-state index in [4.69, 9.17) is 4.74 Å². The Hall–Kier alpha value is -2.41. The summed E-state index contributed by atoms with van der Waals surface area (Å²) < 4.78 is 19.7. The Kier molecular flexibility index (Phi) is 6.11. The molecule has 0 aliphatic heterocycles. The molecule has 1 aliphatic carbocycles. The highest BCUT2D eigenvalue weighted by atomic mass is 79.9. The molecular formula is C20H20BrFN2O3. The second-order valence-electron chi connectivity index (χ2n) is 6.40. The number of benzene rings is 2. The summed E-state index contributed by atoms with van der Waals surface area (Å²) in [6.07, 6.45) is 2.61. The van der Waals surface area contributed by atoms with Crippen molar-refractivity contribution >= 4 is 27.7 Å². The maximum Gasteiger partial charge on any atom is 0.309 e. The molecule has 0 saturated heterocycles. The molecule has 2 aromatic carbocycles. The van der Waals surface area contributed by atoms with Crippen LogP contribution in [0.1, 0.15) is 35.6 Å². The van der Waals surface area contributed by atoms with E-state index in [0.717, 1.165) is 30.4 Å². The standard InChI is InChI=1S/C20H20BrFN2O3/c1-27-15-8-6-12-3-2-4-18(16(12)10-15)24-20(26)19(25)23-11-13-5-7-14(21)9-17(13)22/h5-10,18H,2-4,11H2,1H3,(H,23,25)(H,24,26). The molecule has 3 rings (SSSR count). The van der Waals surface area contributed by atoms with Crippen molar-refractivity contribution in [1.82, 2.24) is 10.6 Å². The van der Waals surface area contributed by atoms with Crippen molar-refractivity contribution in [3.8, 4) is 5.75 Å². The first-order chi connectivity index (χ1) is 13.0. The quantitative estimate of drug-likeness (QED) is 0.724. The number of fused-ring (bicyclic) bond motifs is 1. The summed E-state index contributed by atoms with van der Waals surface area (Å²) >= 11 is 3.18. The highest BCUT2D eigenvalue weighted by Crippen LogP contribution is 2.32. The first-order valence-corrected chi connectivity index (χ1v) is 9.46. The van der Waals surface area contributed by atoms with Crippen molar-refractivity contribution in [3.05, 3.63) is 63.4 Å². The van der Waals surface area contributed by atoms with E-state index >= 15 is 0 Å². The van der Waals surface area contributed by atoms with Gasteiger partial charge in [-0.1, -0.05) is 28.1 Å². The summed E-state index contributed by atoms with van der Waals surface area (Å²) in [5, 5.41) is 5.24. The fourth-order valence-corrected chi connectivity index (χ4v) is 3.53. The van der Waals surface area contributed by atoms with Gasteiger partial charge in [-0.2, -0.15) is 0 Å². The Morgan fingerprint density at radius 1 is 1.22 bits per heavy atom. The number of hydrogen-bond donors (Lipinski definition) is 2. The van der Waals surface area contributed by atoms with Gasteiger partial charge in [0.2, 0.25) is 0 Å². The summed E-state index contributed by atoms with van der Waals surface area (Å²) in [5.74, 6) is -1.25. The number of carbonyl (C=O) groups is 2.